The van der Waals surface area contributed by atoms with E-state index in [1.165, 1.54) is 17.1 Å². The van der Waals surface area contributed by atoms with Gasteiger partial charge in [0.2, 0.25) is 10.0 Å². The van der Waals surface area contributed by atoms with E-state index in [0.29, 0.717) is 24.1 Å². The molecule has 0 saturated heterocycles. The maximum absolute atomic E-state index is 12.8. The van der Waals surface area contributed by atoms with E-state index in [-0.39, 0.29) is 6.04 Å². The summed E-state index contributed by atoms with van der Waals surface area (Å²) in [5, 5.41) is 3.37. The minimum Gasteiger partial charge on any atom is -0.383 e. The average Bonchev–Trinajstić information content (AvgIpc) is 3.29. The molecule has 0 radical (unpaired) electrons. The van der Waals surface area contributed by atoms with Gasteiger partial charge in [-0.25, -0.2) is 8.42 Å². The van der Waals surface area contributed by atoms with E-state index in [1.54, 1.807) is 26.3 Å². The first kappa shape index (κ1) is 16.4. The molecule has 2 rings (SSSR count). The van der Waals surface area contributed by atoms with Crippen LogP contribution in [0.5, 0.6) is 0 Å². The number of nitrogens with one attached hydrogen (secondary N) is 1. The van der Waals surface area contributed by atoms with Gasteiger partial charge in [0.15, 0.2) is 0 Å². The van der Waals surface area contributed by atoms with Gasteiger partial charge < -0.3 is 10.1 Å². The predicted molar refractivity (Wildman–Crippen MR) is 82.6 cm³/mol. The predicted octanol–water partition coefficient (Wildman–Crippen LogP) is 1.59. The number of hydrogen-bond donors (Lipinski definition) is 1. The average molecular weight is 312 g/mol. The Hall–Kier alpha value is -0.950. The van der Waals surface area contributed by atoms with Gasteiger partial charge >= 0.3 is 0 Å². The molecule has 1 aliphatic carbocycles. The molecular weight excluding hydrogens is 288 g/mol. The van der Waals surface area contributed by atoms with E-state index in [2.05, 4.69) is 5.32 Å². The van der Waals surface area contributed by atoms with Crippen molar-refractivity contribution in [2.75, 3.05) is 20.8 Å². The summed E-state index contributed by atoms with van der Waals surface area (Å²) >= 11 is 0. The molecule has 1 saturated carbocycles. The normalized spacial score (nSPS) is 17.1. The van der Waals surface area contributed by atoms with Gasteiger partial charge in [0.1, 0.15) is 0 Å². The number of rotatable bonds is 8. The molecule has 0 bridgehead atoms. The van der Waals surface area contributed by atoms with Crippen LogP contribution in [-0.4, -0.2) is 45.6 Å². The van der Waals surface area contributed by atoms with Crippen LogP contribution >= 0.6 is 0 Å². The smallest absolute Gasteiger partial charge is 0.243 e. The molecule has 0 spiro atoms. The molecule has 1 aromatic carbocycles. The lowest BCUT2D eigenvalue weighted by Crippen LogP contribution is -2.38. The highest BCUT2D eigenvalue weighted by Crippen LogP contribution is 2.23. The summed E-state index contributed by atoms with van der Waals surface area (Å²) in [5.41, 5.74) is 0.820. The van der Waals surface area contributed by atoms with Crippen molar-refractivity contribution in [2.24, 2.45) is 0 Å². The molecule has 0 aliphatic heterocycles. The number of benzene rings is 1. The van der Waals surface area contributed by atoms with Crippen LogP contribution in [0.25, 0.3) is 0 Å². The van der Waals surface area contributed by atoms with Gasteiger partial charge in [-0.2, -0.15) is 4.31 Å². The van der Waals surface area contributed by atoms with Crippen LogP contribution in [0, 0.1) is 0 Å². The number of likely N-dealkylation sites (N-methyl/N-ethyl adjacent to an activating group) is 1. The van der Waals surface area contributed by atoms with Crippen molar-refractivity contribution in [1.29, 1.82) is 0 Å². The first-order valence-corrected chi connectivity index (χ1v) is 8.69. The van der Waals surface area contributed by atoms with Crippen molar-refractivity contribution in [3.05, 3.63) is 29.8 Å². The van der Waals surface area contributed by atoms with Crippen molar-refractivity contribution in [3.63, 3.8) is 0 Å². The Morgan fingerprint density at radius 3 is 2.67 bits per heavy atom. The maximum atomic E-state index is 12.8. The standard InChI is InChI=1S/C15H24N2O3S/c1-12(11-20-3)17(2)21(18,19)15-7-5-4-6-13(15)10-16-14-8-9-14/h4-7,12,14,16H,8-11H2,1-3H3. The third-order valence-corrected chi connectivity index (χ3v) is 5.89. The van der Waals surface area contributed by atoms with Crippen LogP contribution in [0.4, 0.5) is 0 Å². The monoisotopic (exact) mass is 312 g/mol. The molecule has 6 heteroatoms. The van der Waals surface area contributed by atoms with Gasteiger partial charge in [-0.3, -0.25) is 0 Å². The molecule has 1 N–H and O–H groups in total. The molecule has 118 valence electrons. The van der Waals surface area contributed by atoms with E-state index in [9.17, 15) is 8.42 Å². The lowest BCUT2D eigenvalue weighted by atomic mass is 10.2. The zero-order valence-electron chi connectivity index (χ0n) is 12.9. The number of ether oxygens (including phenoxy) is 1. The van der Waals surface area contributed by atoms with Crippen molar-refractivity contribution in [2.45, 2.75) is 43.3 Å². The number of sulfonamides is 1. The Balaban J connectivity index is 2.21. The fourth-order valence-corrected chi connectivity index (χ4v) is 3.75. The highest BCUT2D eigenvalue weighted by molar-refractivity contribution is 7.89. The molecular formula is C15H24N2O3S. The van der Waals surface area contributed by atoms with Gasteiger partial charge in [-0.1, -0.05) is 18.2 Å². The third-order valence-electron chi connectivity index (χ3n) is 3.82. The summed E-state index contributed by atoms with van der Waals surface area (Å²) in [6.45, 7) is 2.80. The topological polar surface area (TPSA) is 58.6 Å². The summed E-state index contributed by atoms with van der Waals surface area (Å²) < 4.78 is 32.0. The molecule has 5 nitrogen and oxygen atoms in total. The van der Waals surface area contributed by atoms with Gasteiger partial charge in [-0.15, -0.1) is 0 Å². The van der Waals surface area contributed by atoms with Crippen LogP contribution in [0.1, 0.15) is 25.3 Å². The van der Waals surface area contributed by atoms with Gasteiger partial charge in [0.05, 0.1) is 11.5 Å². The molecule has 0 aromatic heterocycles. The summed E-state index contributed by atoms with van der Waals surface area (Å²) in [5.74, 6) is 0. The number of hydrogen-bond acceptors (Lipinski definition) is 4. The molecule has 1 aromatic rings. The van der Waals surface area contributed by atoms with E-state index in [0.717, 1.165) is 5.56 Å². The Morgan fingerprint density at radius 2 is 2.05 bits per heavy atom. The van der Waals surface area contributed by atoms with Crippen LogP contribution in [0.3, 0.4) is 0 Å². The fourth-order valence-electron chi connectivity index (χ4n) is 2.18. The van der Waals surface area contributed by atoms with Crippen molar-refractivity contribution < 1.29 is 13.2 Å². The van der Waals surface area contributed by atoms with Crippen molar-refractivity contribution in [3.8, 4) is 0 Å². The third kappa shape index (κ3) is 4.03. The van der Waals surface area contributed by atoms with Gasteiger partial charge in [-0.05, 0) is 31.4 Å². The van der Waals surface area contributed by atoms with E-state index < -0.39 is 10.0 Å². The highest BCUT2D eigenvalue weighted by atomic mass is 32.2. The molecule has 1 fully saturated rings. The summed E-state index contributed by atoms with van der Waals surface area (Å²) in [4.78, 5) is 0.378. The molecule has 0 heterocycles. The first-order valence-electron chi connectivity index (χ1n) is 7.25. The summed E-state index contributed by atoms with van der Waals surface area (Å²) in [6, 6.07) is 7.53. The maximum Gasteiger partial charge on any atom is 0.243 e. The minimum atomic E-state index is -3.51. The SMILES string of the molecule is COCC(C)N(C)S(=O)(=O)c1ccccc1CNC1CC1. The van der Waals surface area contributed by atoms with Crippen molar-refractivity contribution >= 4 is 10.0 Å². The van der Waals surface area contributed by atoms with Crippen LogP contribution in [0.2, 0.25) is 0 Å². The van der Waals surface area contributed by atoms with Gasteiger partial charge in [0, 0.05) is 32.8 Å². The highest BCUT2D eigenvalue weighted by Gasteiger charge is 2.28. The van der Waals surface area contributed by atoms with E-state index >= 15 is 0 Å². The summed E-state index contributed by atoms with van der Waals surface area (Å²) in [7, 11) is -0.330. The second-order valence-corrected chi connectivity index (χ2v) is 7.55. The second-order valence-electron chi connectivity index (χ2n) is 5.59. The van der Waals surface area contributed by atoms with Gasteiger partial charge in [0.25, 0.3) is 0 Å². The molecule has 1 unspecified atom stereocenters. The minimum absolute atomic E-state index is 0.204. The Kier molecular flexibility index (Phi) is 5.37. The molecule has 1 atom stereocenters. The lowest BCUT2D eigenvalue weighted by Gasteiger charge is -2.25. The molecule has 21 heavy (non-hydrogen) atoms. The number of nitrogens with zero attached hydrogens (tertiary/aromatic N) is 1. The van der Waals surface area contributed by atoms with Crippen LogP contribution in [0.15, 0.2) is 29.2 Å². The second kappa shape index (κ2) is 6.87. The van der Waals surface area contributed by atoms with Crippen LogP contribution in [-0.2, 0) is 21.3 Å². The van der Waals surface area contributed by atoms with Crippen molar-refractivity contribution in [1.82, 2.24) is 9.62 Å². The summed E-state index contributed by atoms with van der Waals surface area (Å²) in [6.07, 6.45) is 2.36. The number of methoxy groups -OCH3 is 1. The zero-order chi connectivity index (χ0) is 15.5. The van der Waals surface area contributed by atoms with Crippen LogP contribution < -0.4 is 5.32 Å². The Morgan fingerprint density at radius 1 is 1.38 bits per heavy atom. The zero-order valence-corrected chi connectivity index (χ0v) is 13.7. The van der Waals surface area contributed by atoms with E-state index in [1.807, 2.05) is 19.1 Å². The van der Waals surface area contributed by atoms with E-state index in [4.69, 9.17) is 4.74 Å². The quantitative estimate of drug-likeness (QED) is 0.792. The fraction of sp³-hybridized carbons (Fsp3) is 0.600. The Bertz CT molecular complexity index is 570. The molecule has 0 amide bonds. The Labute approximate surface area is 127 Å². The first-order chi connectivity index (χ1) is 9.96. The lowest BCUT2D eigenvalue weighted by molar-refractivity contribution is 0.149. The molecule has 1 aliphatic rings. The largest absolute Gasteiger partial charge is 0.383 e.